The maximum Gasteiger partial charge on any atom is 0.262 e. The monoisotopic (exact) mass is 325 g/mol. The van der Waals surface area contributed by atoms with E-state index in [1.807, 2.05) is 12.3 Å². The summed E-state index contributed by atoms with van der Waals surface area (Å²) in [6.07, 6.45) is 1.92. The smallest absolute Gasteiger partial charge is 0.262 e. The normalized spacial score (nSPS) is 11.4. The third-order valence-electron chi connectivity index (χ3n) is 3.02. The molecule has 3 nitrogen and oxygen atoms in total. The van der Waals surface area contributed by atoms with Crippen molar-refractivity contribution in [2.24, 2.45) is 0 Å². The molecule has 1 N–H and O–H groups in total. The zero-order chi connectivity index (χ0) is 15.6. The highest BCUT2D eigenvalue weighted by Gasteiger charge is 2.20. The maximum absolute atomic E-state index is 13.3. The van der Waals surface area contributed by atoms with Crippen LogP contribution in [0.5, 0.6) is 0 Å². The summed E-state index contributed by atoms with van der Waals surface area (Å²) in [7, 11) is -3.74. The number of nitrogens with one attached hydrogen (secondary N) is 1. The van der Waals surface area contributed by atoms with E-state index in [2.05, 4.69) is 4.72 Å². The lowest BCUT2D eigenvalue weighted by molar-refractivity contribution is 0.597. The molecule has 0 aliphatic rings. The molecule has 0 bridgehead atoms. The van der Waals surface area contributed by atoms with Gasteiger partial charge >= 0.3 is 0 Å². The molecule has 0 radical (unpaired) electrons. The van der Waals surface area contributed by atoms with E-state index in [9.17, 15) is 12.8 Å². The molecule has 6 heteroatoms. The molecule has 0 unspecified atom stereocenters. The Labute approximate surface area is 128 Å². The summed E-state index contributed by atoms with van der Waals surface area (Å²) in [5, 5.41) is 0. The molecule has 0 atom stereocenters. The number of aryl methyl sites for hydroxylation is 2. The van der Waals surface area contributed by atoms with Crippen LogP contribution in [0.2, 0.25) is 0 Å². The molecule has 0 aromatic heterocycles. The molecule has 0 heterocycles. The van der Waals surface area contributed by atoms with Gasteiger partial charge in [0, 0.05) is 10.6 Å². The van der Waals surface area contributed by atoms with Crippen molar-refractivity contribution in [3.63, 3.8) is 0 Å². The van der Waals surface area contributed by atoms with Crippen molar-refractivity contribution < 1.29 is 12.8 Å². The number of sulfonamides is 1. The van der Waals surface area contributed by atoms with Crippen molar-refractivity contribution in [1.82, 2.24) is 0 Å². The first-order valence-corrected chi connectivity index (χ1v) is 8.98. The fraction of sp³-hybridized carbons (Fsp3) is 0.200. The third-order valence-corrected chi connectivity index (χ3v) is 5.43. The van der Waals surface area contributed by atoms with Gasteiger partial charge in [0.05, 0.1) is 4.90 Å². The summed E-state index contributed by atoms with van der Waals surface area (Å²) in [6.45, 7) is 3.17. The zero-order valence-corrected chi connectivity index (χ0v) is 13.6. The van der Waals surface area contributed by atoms with Crippen molar-refractivity contribution in [3.8, 4) is 0 Å². The van der Waals surface area contributed by atoms with Crippen LogP contribution in [0.4, 0.5) is 10.1 Å². The van der Waals surface area contributed by atoms with Gasteiger partial charge in [-0.05, 0) is 61.6 Å². The predicted molar refractivity (Wildman–Crippen MR) is 84.9 cm³/mol. The molecule has 0 saturated heterocycles. The maximum atomic E-state index is 13.3. The van der Waals surface area contributed by atoms with Crippen LogP contribution in [-0.4, -0.2) is 14.7 Å². The van der Waals surface area contributed by atoms with E-state index >= 15 is 0 Å². The van der Waals surface area contributed by atoms with E-state index in [4.69, 9.17) is 0 Å². The molecule has 0 amide bonds. The molecular weight excluding hydrogens is 309 g/mol. The third kappa shape index (κ3) is 3.57. The van der Waals surface area contributed by atoms with Gasteiger partial charge in [0.2, 0.25) is 0 Å². The Morgan fingerprint density at radius 1 is 1.10 bits per heavy atom. The first-order valence-electron chi connectivity index (χ1n) is 6.27. The number of benzene rings is 2. The van der Waals surface area contributed by atoms with Gasteiger partial charge in [0.1, 0.15) is 5.82 Å². The van der Waals surface area contributed by atoms with Crippen LogP contribution in [0, 0.1) is 19.7 Å². The Hall–Kier alpha value is -1.53. The van der Waals surface area contributed by atoms with E-state index in [0.717, 1.165) is 4.90 Å². The number of thioether (sulfide) groups is 1. The predicted octanol–water partition coefficient (Wildman–Crippen LogP) is 3.97. The largest absolute Gasteiger partial charge is 0.280 e. The fourth-order valence-electron chi connectivity index (χ4n) is 2.21. The second-order valence-electron chi connectivity index (χ2n) is 4.71. The summed E-state index contributed by atoms with van der Waals surface area (Å²) < 4.78 is 40.9. The second-order valence-corrected chi connectivity index (χ2v) is 7.21. The topological polar surface area (TPSA) is 46.2 Å². The Bertz CT molecular complexity index is 750. The van der Waals surface area contributed by atoms with E-state index in [1.165, 1.54) is 23.9 Å². The summed E-state index contributed by atoms with van der Waals surface area (Å²) in [6, 6.07) is 9.58. The number of rotatable bonds is 4. The van der Waals surface area contributed by atoms with Crippen molar-refractivity contribution in [2.45, 2.75) is 23.6 Å². The number of anilines is 1. The molecule has 2 rings (SSSR count). The fourth-order valence-corrected chi connectivity index (χ4v) is 4.18. The highest BCUT2D eigenvalue weighted by Crippen LogP contribution is 2.25. The van der Waals surface area contributed by atoms with Crippen LogP contribution in [0.25, 0.3) is 0 Å². The van der Waals surface area contributed by atoms with Gasteiger partial charge in [-0.15, -0.1) is 11.8 Å². The van der Waals surface area contributed by atoms with Gasteiger partial charge in [-0.2, -0.15) is 0 Å². The van der Waals surface area contributed by atoms with Crippen LogP contribution >= 0.6 is 11.8 Å². The van der Waals surface area contributed by atoms with Crippen molar-refractivity contribution in [1.29, 1.82) is 0 Å². The minimum absolute atomic E-state index is 0.124. The SMILES string of the molecule is CSc1cccc(NS(=O)(=O)c2c(C)cc(F)cc2C)c1. The van der Waals surface area contributed by atoms with E-state index in [1.54, 1.807) is 32.0 Å². The highest BCUT2D eigenvalue weighted by atomic mass is 32.2. The van der Waals surface area contributed by atoms with Crippen LogP contribution in [0.3, 0.4) is 0 Å². The molecule has 21 heavy (non-hydrogen) atoms. The lowest BCUT2D eigenvalue weighted by Gasteiger charge is -2.13. The van der Waals surface area contributed by atoms with Gasteiger partial charge in [0.15, 0.2) is 0 Å². The van der Waals surface area contributed by atoms with E-state index in [0.29, 0.717) is 16.8 Å². The summed E-state index contributed by atoms with van der Waals surface area (Å²) in [5.41, 5.74) is 1.27. The Balaban J connectivity index is 2.43. The standard InChI is InChI=1S/C15H16FNO2S2/c1-10-7-12(16)8-11(2)15(10)21(18,19)17-13-5-4-6-14(9-13)20-3/h4-9,17H,1-3H3. The molecule has 2 aromatic rings. The molecule has 112 valence electrons. The van der Waals surface area contributed by atoms with Gasteiger partial charge in [0.25, 0.3) is 10.0 Å². The molecule has 2 aromatic carbocycles. The number of hydrogen-bond donors (Lipinski definition) is 1. The lowest BCUT2D eigenvalue weighted by atomic mass is 10.1. The van der Waals surface area contributed by atoms with Crippen LogP contribution in [0.1, 0.15) is 11.1 Å². The van der Waals surface area contributed by atoms with Gasteiger partial charge < -0.3 is 0 Å². The van der Waals surface area contributed by atoms with Crippen molar-refractivity contribution in [3.05, 3.63) is 53.3 Å². The van der Waals surface area contributed by atoms with Gasteiger partial charge in [-0.1, -0.05) is 6.07 Å². The summed E-state index contributed by atoms with van der Waals surface area (Å²) >= 11 is 1.53. The molecule has 0 spiro atoms. The average molecular weight is 325 g/mol. The van der Waals surface area contributed by atoms with E-state index in [-0.39, 0.29) is 4.90 Å². The summed E-state index contributed by atoms with van der Waals surface area (Å²) in [4.78, 5) is 1.08. The van der Waals surface area contributed by atoms with E-state index < -0.39 is 15.8 Å². The zero-order valence-electron chi connectivity index (χ0n) is 12.0. The second kappa shape index (κ2) is 6.07. The van der Waals surface area contributed by atoms with Crippen LogP contribution in [-0.2, 0) is 10.0 Å². The number of hydrogen-bond acceptors (Lipinski definition) is 3. The van der Waals surface area contributed by atoms with Crippen molar-refractivity contribution in [2.75, 3.05) is 11.0 Å². The first-order chi connectivity index (χ1) is 9.83. The average Bonchev–Trinajstić information content (AvgIpc) is 2.36. The Kier molecular flexibility index (Phi) is 4.58. The highest BCUT2D eigenvalue weighted by molar-refractivity contribution is 7.98. The molecule has 0 aliphatic heterocycles. The van der Waals surface area contributed by atoms with Gasteiger partial charge in [-0.25, -0.2) is 12.8 Å². The quantitative estimate of drug-likeness (QED) is 0.865. The number of halogens is 1. The van der Waals surface area contributed by atoms with Crippen molar-refractivity contribution >= 4 is 27.5 Å². The molecule has 0 aliphatic carbocycles. The Morgan fingerprint density at radius 3 is 2.29 bits per heavy atom. The summed E-state index contributed by atoms with van der Waals surface area (Å²) in [5.74, 6) is -0.437. The minimum atomic E-state index is -3.74. The Morgan fingerprint density at radius 2 is 1.71 bits per heavy atom. The first kappa shape index (κ1) is 15.9. The molecule has 0 saturated carbocycles. The van der Waals surface area contributed by atoms with Crippen LogP contribution < -0.4 is 4.72 Å². The van der Waals surface area contributed by atoms with Crippen LogP contribution in [0.15, 0.2) is 46.2 Å². The molecule has 0 fully saturated rings. The lowest BCUT2D eigenvalue weighted by Crippen LogP contribution is -2.16. The van der Waals surface area contributed by atoms with Gasteiger partial charge in [-0.3, -0.25) is 4.72 Å². The minimum Gasteiger partial charge on any atom is -0.280 e. The molecular formula is C15H16FNO2S2.